The lowest BCUT2D eigenvalue weighted by atomic mass is 9.72. The van der Waals surface area contributed by atoms with Gasteiger partial charge >= 0.3 is 0 Å². The summed E-state index contributed by atoms with van der Waals surface area (Å²) in [4.78, 5) is 0. The average Bonchev–Trinajstić information content (AvgIpc) is 3.34. The molecule has 0 heteroatoms. The highest BCUT2D eigenvalue weighted by molar-refractivity contribution is 5.30. The van der Waals surface area contributed by atoms with Crippen LogP contribution in [0.15, 0.2) is 71.9 Å². The molecule has 0 aliphatic heterocycles. The standard InChI is InChI=1S/C30H42/c1-3-26-13-9-10-16-30(26)28-19-17-25(18-20-28)22-29(21-24-11-5-4-6-12-24)23(2)27-14-7-8-15-27/h3,5,11-12,17,19,26-27,29-30H,1-2,4,6-10,13-16,18,20-22H2. The van der Waals surface area contributed by atoms with E-state index in [1.54, 1.807) is 22.3 Å². The maximum Gasteiger partial charge on any atom is -0.0125 e. The number of rotatable bonds is 8. The zero-order chi connectivity index (χ0) is 20.8. The fraction of sp³-hybridized carbons (Fsp3) is 0.600. The van der Waals surface area contributed by atoms with Crippen LogP contribution >= 0.6 is 0 Å². The van der Waals surface area contributed by atoms with Crippen LogP contribution < -0.4 is 0 Å². The van der Waals surface area contributed by atoms with E-state index in [0.717, 1.165) is 11.8 Å². The molecule has 0 spiro atoms. The molecule has 30 heavy (non-hydrogen) atoms. The second-order valence-corrected chi connectivity index (χ2v) is 10.3. The third-order valence-corrected chi connectivity index (χ3v) is 8.33. The fourth-order valence-electron chi connectivity index (χ4n) is 6.46. The molecule has 0 radical (unpaired) electrons. The number of allylic oxidation sites excluding steroid dienone is 10. The number of hydrogen-bond donors (Lipinski definition) is 0. The van der Waals surface area contributed by atoms with Gasteiger partial charge in [-0.1, -0.05) is 91.0 Å². The first-order valence-corrected chi connectivity index (χ1v) is 12.8. The van der Waals surface area contributed by atoms with E-state index in [1.807, 2.05) is 0 Å². The van der Waals surface area contributed by atoms with Crippen LogP contribution in [0, 0.1) is 23.7 Å². The molecule has 0 heterocycles. The first-order chi connectivity index (χ1) is 14.7. The molecule has 2 saturated carbocycles. The molecule has 3 atom stereocenters. The van der Waals surface area contributed by atoms with Crippen molar-refractivity contribution in [3.05, 3.63) is 71.9 Å². The lowest BCUT2D eigenvalue weighted by molar-refractivity contribution is 0.316. The smallest absolute Gasteiger partial charge is 0.0125 e. The van der Waals surface area contributed by atoms with Crippen molar-refractivity contribution in [2.75, 3.05) is 0 Å². The third-order valence-electron chi connectivity index (χ3n) is 8.33. The molecular weight excluding hydrogens is 360 g/mol. The summed E-state index contributed by atoms with van der Waals surface area (Å²) >= 11 is 0. The molecule has 0 aromatic carbocycles. The number of hydrogen-bond acceptors (Lipinski definition) is 0. The second kappa shape index (κ2) is 10.7. The van der Waals surface area contributed by atoms with Crippen LogP contribution in [0.5, 0.6) is 0 Å². The molecular formula is C30H42. The van der Waals surface area contributed by atoms with Crippen molar-refractivity contribution >= 4 is 0 Å². The Morgan fingerprint density at radius 2 is 1.77 bits per heavy atom. The Hall–Kier alpha value is -1.56. The lowest BCUT2D eigenvalue weighted by Crippen LogP contribution is -2.21. The highest BCUT2D eigenvalue weighted by atomic mass is 14.3. The normalized spacial score (nSPS) is 28.5. The maximum atomic E-state index is 4.67. The third kappa shape index (κ3) is 5.37. The molecule has 0 N–H and O–H groups in total. The van der Waals surface area contributed by atoms with Crippen molar-refractivity contribution in [1.82, 2.24) is 0 Å². The largest absolute Gasteiger partial charge is 0.103 e. The van der Waals surface area contributed by atoms with E-state index in [-0.39, 0.29) is 0 Å². The van der Waals surface area contributed by atoms with Crippen LogP contribution in [0.25, 0.3) is 0 Å². The van der Waals surface area contributed by atoms with E-state index in [4.69, 9.17) is 0 Å². The molecule has 162 valence electrons. The Balaban J connectivity index is 1.45. The highest BCUT2D eigenvalue weighted by Crippen LogP contribution is 2.42. The maximum absolute atomic E-state index is 4.67. The second-order valence-electron chi connectivity index (χ2n) is 10.3. The SMILES string of the molecule is C=CC1CCCCC1C1=CC=C(CC(CC2=CCCC=C2)C(=C)C2CCCC2)CC1. The van der Waals surface area contributed by atoms with E-state index >= 15 is 0 Å². The minimum Gasteiger partial charge on any atom is -0.103 e. The van der Waals surface area contributed by atoms with E-state index in [1.165, 1.54) is 89.9 Å². The zero-order valence-electron chi connectivity index (χ0n) is 19.1. The Bertz CT molecular complexity index is 734. The molecule has 0 aromatic rings. The van der Waals surface area contributed by atoms with Crippen LogP contribution in [-0.4, -0.2) is 0 Å². The molecule has 0 saturated heterocycles. The monoisotopic (exact) mass is 402 g/mol. The highest BCUT2D eigenvalue weighted by Gasteiger charge is 2.28. The van der Waals surface area contributed by atoms with Gasteiger partial charge in [-0.25, -0.2) is 0 Å². The summed E-state index contributed by atoms with van der Waals surface area (Å²) in [5.74, 6) is 2.86. The van der Waals surface area contributed by atoms with Gasteiger partial charge in [0.1, 0.15) is 0 Å². The Morgan fingerprint density at radius 3 is 2.47 bits per heavy atom. The molecule has 0 amide bonds. The van der Waals surface area contributed by atoms with Crippen molar-refractivity contribution in [1.29, 1.82) is 0 Å². The van der Waals surface area contributed by atoms with Crippen LogP contribution in [0.4, 0.5) is 0 Å². The van der Waals surface area contributed by atoms with E-state index < -0.39 is 0 Å². The van der Waals surface area contributed by atoms with Crippen molar-refractivity contribution in [3.63, 3.8) is 0 Å². The van der Waals surface area contributed by atoms with Crippen LogP contribution in [0.2, 0.25) is 0 Å². The van der Waals surface area contributed by atoms with Crippen molar-refractivity contribution in [2.45, 2.75) is 89.9 Å². The fourth-order valence-corrected chi connectivity index (χ4v) is 6.46. The van der Waals surface area contributed by atoms with E-state index in [2.05, 4.69) is 49.6 Å². The van der Waals surface area contributed by atoms with E-state index in [9.17, 15) is 0 Å². The van der Waals surface area contributed by atoms with Gasteiger partial charge in [-0.15, -0.1) is 6.58 Å². The predicted octanol–water partition coefficient (Wildman–Crippen LogP) is 9.04. The Labute approximate surface area is 185 Å². The summed E-state index contributed by atoms with van der Waals surface area (Å²) in [5, 5.41) is 0. The van der Waals surface area contributed by atoms with Crippen molar-refractivity contribution in [3.8, 4) is 0 Å². The summed E-state index contributed by atoms with van der Waals surface area (Å²) in [6.45, 7) is 8.81. The van der Waals surface area contributed by atoms with Crippen molar-refractivity contribution in [2.24, 2.45) is 23.7 Å². The van der Waals surface area contributed by atoms with Crippen LogP contribution in [0.1, 0.15) is 89.9 Å². The van der Waals surface area contributed by atoms with Gasteiger partial charge in [-0.05, 0) is 87.9 Å². The minimum absolute atomic E-state index is 0.624. The summed E-state index contributed by atoms with van der Waals surface area (Å²) in [5.41, 5.74) is 6.47. The molecule has 4 rings (SSSR count). The van der Waals surface area contributed by atoms with Gasteiger partial charge in [-0.2, -0.15) is 0 Å². The average molecular weight is 403 g/mol. The topological polar surface area (TPSA) is 0 Å². The zero-order valence-corrected chi connectivity index (χ0v) is 19.1. The van der Waals surface area contributed by atoms with E-state index in [0.29, 0.717) is 11.8 Å². The van der Waals surface area contributed by atoms with Gasteiger partial charge in [0.2, 0.25) is 0 Å². The molecule has 0 aromatic heterocycles. The van der Waals surface area contributed by atoms with Gasteiger partial charge in [0.05, 0.1) is 0 Å². The summed E-state index contributed by atoms with van der Waals surface area (Å²) < 4.78 is 0. The summed E-state index contributed by atoms with van der Waals surface area (Å²) in [6.07, 6.45) is 32.9. The predicted molar refractivity (Wildman–Crippen MR) is 131 cm³/mol. The molecule has 0 nitrogen and oxygen atoms in total. The first-order valence-electron chi connectivity index (χ1n) is 12.8. The van der Waals surface area contributed by atoms with Crippen LogP contribution in [-0.2, 0) is 0 Å². The van der Waals surface area contributed by atoms with Gasteiger partial charge in [0.15, 0.2) is 0 Å². The summed E-state index contributed by atoms with van der Waals surface area (Å²) in [7, 11) is 0. The molecule has 3 unspecified atom stereocenters. The van der Waals surface area contributed by atoms with Gasteiger partial charge < -0.3 is 0 Å². The van der Waals surface area contributed by atoms with Gasteiger partial charge in [-0.3, -0.25) is 0 Å². The molecule has 4 aliphatic rings. The first kappa shape index (κ1) is 21.7. The van der Waals surface area contributed by atoms with Gasteiger partial charge in [0, 0.05) is 0 Å². The summed E-state index contributed by atoms with van der Waals surface area (Å²) in [6, 6.07) is 0. The van der Waals surface area contributed by atoms with Gasteiger partial charge in [0.25, 0.3) is 0 Å². The molecule has 0 bridgehead atoms. The van der Waals surface area contributed by atoms with Crippen molar-refractivity contribution < 1.29 is 0 Å². The Morgan fingerprint density at radius 1 is 0.967 bits per heavy atom. The molecule has 2 fully saturated rings. The Kier molecular flexibility index (Phi) is 7.69. The quantitative estimate of drug-likeness (QED) is 0.355. The minimum atomic E-state index is 0.624. The van der Waals surface area contributed by atoms with Crippen LogP contribution in [0.3, 0.4) is 0 Å². The molecule has 4 aliphatic carbocycles. The lowest BCUT2D eigenvalue weighted by Gasteiger charge is -2.33.